The molecule has 0 aliphatic heterocycles. The zero-order chi connectivity index (χ0) is 11.6. The van der Waals surface area contributed by atoms with Crippen LogP contribution in [-0.4, -0.2) is 13.0 Å². The number of benzene rings is 1. The van der Waals surface area contributed by atoms with Gasteiger partial charge >= 0.3 is 0 Å². The number of halogens is 2. The van der Waals surface area contributed by atoms with Crippen molar-refractivity contribution in [1.82, 2.24) is 0 Å². The predicted molar refractivity (Wildman–Crippen MR) is 59.1 cm³/mol. The van der Waals surface area contributed by atoms with Gasteiger partial charge in [0.25, 0.3) is 0 Å². The molecule has 3 heteroatoms. The number of rotatable bonds is 2. The Hall–Kier alpha value is -1.48. The Balaban J connectivity index is 2.54. The summed E-state index contributed by atoms with van der Waals surface area (Å²) in [6, 6.07) is 8.62. The first-order chi connectivity index (χ1) is 7.67. The molecule has 0 radical (unpaired) electrons. The minimum atomic E-state index is -2.07. The number of methoxy groups -OCH3 is 1. The first-order valence-corrected chi connectivity index (χ1v) is 5.03. The molecule has 0 N–H and O–H groups in total. The van der Waals surface area contributed by atoms with Gasteiger partial charge in [0.05, 0.1) is 5.57 Å². The number of allylic oxidation sites excluding steroid dienone is 2. The molecular weight excluding hydrogens is 210 g/mol. The molecule has 0 amide bonds. The lowest BCUT2D eigenvalue weighted by molar-refractivity contribution is -0.0683. The lowest BCUT2D eigenvalue weighted by Gasteiger charge is -2.28. The van der Waals surface area contributed by atoms with Crippen molar-refractivity contribution in [2.24, 2.45) is 0 Å². The van der Waals surface area contributed by atoms with Gasteiger partial charge in [-0.15, -0.1) is 0 Å². The summed E-state index contributed by atoms with van der Waals surface area (Å²) in [5.41, 5.74) is 0.479. The predicted octanol–water partition coefficient (Wildman–Crippen LogP) is 3.64. The van der Waals surface area contributed by atoms with Crippen LogP contribution in [-0.2, 0) is 4.74 Å². The third kappa shape index (κ3) is 1.78. The summed E-state index contributed by atoms with van der Waals surface area (Å²) < 4.78 is 32.8. The Morgan fingerprint density at radius 3 is 2.56 bits per heavy atom. The molecule has 0 saturated carbocycles. The van der Waals surface area contributed by atoms with Gasteiger partial charge in [0.15, 0.2) is 0 Å². The largest absolute Gasteiger partial charge is 0.345 e. The van der Waals surface area contributed by atoms with E-state index in [1.807, 2.05) is 0 Å². The van der Waals surface area contributed by atoms with E-state index in [2.05, 4.69) is 0 Å². The van der Waals surface area contributed by atoms with Crippen LogP contribution in [0.2, 0.25) is 0 Å². The van der Waals surface area contributed by atoms with Crippen LogP contribution in [0.5, 0.6) is 0 Å². The SMILES string of the molecule is COC1(F)CC=CC(F)=C1c1ccccc1. The Kier molecular flexibility index (Phi) is 2.88. The molecule has 0 aromatic heterocycles. The van der Waals surface area contributed by atoms with Crippen LogP contribution in [0.1, 0.15) is 12.0 Å². The monoisotopic (exact) mass is 222 g/mol. The van der Waals surface area contributed by atoms with Crippen LogP contribution in [0.4, 0.5) is 8.78 Å². The summed E-state index contributed by atoms with van der Waals surface area (Å²) >= 11 is 0. The van der Waals surface area contributed by atoms with E-state index in [0.717, 1.165) is 0 Å². The second-order valence-corrected chi connectivity index (χ2v) is 3.63. The third-order valence-electron chi connectivity index (χ3n) is 2.64. The van der Waals surface area contributed by atoms with E-state index in [4.69, 9.17) is 4.74 Å². The van der Waals surface area contributed by atoms with Crippen LogP contribution in [0.15, 0.2) is 48.3 Å². The molecule has 0 bridgehead atoms. The van der Waals surface area contributed by atoms with Crippen molar-refractivity contribution in [1.29, 1.82) is 0 Å². The number of hydrogen-bond acceptors (Lipinski definition) is 1. The first-order valence-electron chi connectivity index (χ1n) is 5.03. The lowest BCUT2D eigenvalue weighted by atomic mass is 9.92. The van der Waals surface area contributed by atoms with Crippen molar-refractivity contribution in [3.05, 3.63) is 53.9 Å². The average molecular weight is 222 g/mol. The van der Waals surface area contributed by atoms with Gasteiger partial charge in [-0.05, 0) is 11.6 Å². The van der Waals surface area contributed by atoms with Crippen LogP contribution in [0.25, 0.3) is 5.57 Å². The average Bonchev–Trinajstić information content (AvgIpc) is 2.30. The van der Waals surface area contributed by atoms with Gasteiger partial charge in [-0.25, -0.2) is 8.78 Å². The summed E-state index contributed by atoms with van der Waals surface area (Å²) in [7, 11) is 1.25. The summed E-state index contributed by atoms with van der Waals surface area (Å²) in [4.78, 5) is 0. The van der Waals surface area contributed by atoms with Gasteiger partial charge in [-0.2, -0.15) is 0 Å². The molecule has 1 aromatic rings. The molecule has 0 saturated heterocycles. The zero-order valence-corrected chi connectivity index (χ0v) is 8.91. The van der Waals surface area contributed by atoms with Crippen LogP contribution in [0.3, 0.4) is 0 Å². The fraction of sp³-hybridized carbons (Fsp3) is 0.231. The molecular formula is C13H12F2O. The van der Waals surface area contributed by atoms with E-state index in [1.54, 1.807) is 30.3 Å². The van der Waals surface area contributed by atoms with Crippen molar-refractivity contribution in [3.8, 4) is 0 Å². The summed E-state index contributed by atoms with van der Waals surface area (Å²) in [6.45, 7) is 0. The number of alkyl halides is 1. The minimum Gasteiger partial charge on any atom is -0.345 e. The summed E-state index contributed by atoms with van der Waals surface area (Å²) in [5, 5.41) is 0. The fourth-order valence-electron chi connectivity index (χ4n) is 1.82. The minimum absolute atomic E-state index is 0.0289. The van der Waals surface area contributed by atoms with Crippen LogP contribution < -0.4 is 0 Å². The quantitative estimate of drug-likeness (QED) is 0.742. The Morgan fingerprint density at radius 1 is 1.25 bits per heavy atom. The molecule has 2 rings (SSSR count). The molecule has 0 spiro atoms. The Bertz CT molecular complexity index is 437. The standard InChI is InChI=1S/C13H12F2O/c1-16-13(15)9-5-8-11(14)12(13)10-6-3-2-4-7-10/h2-8H,9H2,1H3. The highest BCUT2D eigenvalue weighted by molar-refractivity contribution is 5.75. The van der Waals surface area contributed by atoms with Gasteiger partial charge in [0.2, 0.25) is 5.85 Å². The number of ether oxygens (including phenoxy) is 1. The summed E-state index contributed by atoms with van der Waals surface area (Å²) in [5.74, 6) is -2.65. The molecule has 1 atom stereocenters. The molecule has 1 aromatic carbocycles. The van der Waals surface area contributed by atoms with Crippen molar-refractivity contribution in [2.75, 3.05) is 7.11 Å². The van der Waals surface area contributed by atoms with E-state index < -0.39 is 11.7 Å². The highest BCUT2D eigenvalue weighted by atomic mass is 19.2. The van der Waals surface area contributed by atoms with E-state index >= 15 is 0 Å². The molecule has 0 heterocycles. The molecule has 1 nitrogen and oxygen atoms in total. The third-order valence-corrected chi connectivity index (χ3v) is 2.64. The van der Waals surface area contributed by atoms with Crippen molar-refractivity contribution >= 4 is 5.57 Å². The van der Waals surface area contributed by atoms with Gasteiger partial charge in [0, 0.05) is 13.5 Å². The smallest absolute Gasteiger partial charge is 0.242 e. The highest BCUT2D eigenvalue weighted by Crippen LogP contribution is 2.40. The van der Waals surface area contributed by atoms with Crippen molar-refractivity contribution in [2.45, 2.75) is 12.3 Å². The van der Waals surface area contributed by atoms with E-state index in [1.165, 1.54) is 19.3 Å². The molecule has 16 heavy (non-hydrogen) atoms. The molecule has 0 fully saturated rings. The van der Waals surface area contributed by atoms with Gasteiger partial charge in [-0.3, -0.25) is 0 Å². The van der Waals surface area contributed by atoms with E-state index in [-0.39, 0.29) is 12.0 Å². The number of hydrogen-bond donors (Lipinski definition) is 0. The highest BCUT2D eigenvalue weighted by Gasteiger charge is 2.38. The Morgan fingerprint density at radius 2 is 1.94 bits per heavy atom. The fourth-order valence-corrected chi connectivity index (χ4v) is 1.82. The molecule has 1 aliphatic rings. The van der Waals surface area contributed by atoms with Crippen molar-refractivity contribution < 1.29 is 13.5 Å². The molecule has 84 valence electrons. The zero-order valence-electron chi connectivity index (χ0n) is 8.91. The summed E-state index contributed by atoms with van der Waals surface area (Å²) in [6.07, 6.45) is 2.74. The van der Waals surface area contributed by atoms with Crippen LogP contribution in [0, 0.1) is 0 Å². The second-order valence-electron chi connectivity index (χ2n) is 3.63. The maximum atomic E-state index is 14.3. The Labute approximate surface area is 93.0 Å². The second kappa shape index (κ2) is 4.18. The maximum absolute atomic E-state index is 14.3. The van der Waals surface area contributed by atoms with E-state index in [9.17, 15) is 8.78 Å². The molecule has 1 unspecified atom stereocenters. The van der Waals surface area contributed by atoms with Crippen molar-refractivity contribution in [3.63, 3.8) is 0 Å². The van der Waals surface area contributed by atoms with Crippen LogP contribution >= 0.6 is 0 Å². The van der Waals surface area contributed by atoms with Gasteiger partial charge < -0.3 is 4.74 Å². The topological polar surface area (TPSA) is 9.23 Å². The van der Waals surface area contributed by atoms with Gasteiger partial charge in [0.1, 0.15) is 5.83 Å². The molecule has 1 aliphatic carbocycles. The van der Waals surface area contributed by atoms with E-state index in [0.29, 0.717) is 5.56 Å². The normalized spacial score (nSPS) is 24.9. The van der Waals surface area contributed by atoms with Gasteiger partial charge in [-0.1, -0.05) is 36.4 Å². The lowest BCUT2D eigenvalue weighted by Crippen LogP contribution is -2.28. The first kappa shape index (κ1) is 11.0. The maximum Gasteiger partial charge on any atom is 0.242 e.